The molecular formula is C16H29N3O2. The third-order valence-electron chi connectivity index (χ3n) is 5.13. The number of ether oxygens (including phenoxy) is 1. The van der Waals surface area contributed by atoms with Crippen LogP contribution in [-0.2, 0) is 4.74 Å². The smallest absolute Gasteiger partial charge is 0.317 e. The zero-order chi connectivity index (χ0) is 14.7. The third-order valence-corrected chi connectivity index (χ3v) is 5.13. The van der Waals surface area contributed by atoms with E-state index in [4.69, 9.17) is 4.74 Å². The Kier molecular flexibility index (Phi) is 5.01. The van der Waals surface area contributed by atoms with Crippen LogP contribution in [0.5, 0.6) is 0 Å². The van der Waals surface area contributed by atoms with Gasteiger partial charge in [0.15, 0.2) is 0 Å². The van der Waals surface area contributed by atoms with Gasteiger partial charge in [-0.2, -0.15) is 0 Å². The molecule has 0 radical (unpaired) electrons. The highest BCUT2D eigenvalue weighted by Gasteiger charge is 2.36. The van der Waals surface area contributed by atoms with Crippen molar-refractivity contribution < 1.29 is 9.53 Å². The number of amides is 2. The highest BCUT2D eigenvalue weighted by Crippen LogP contribution is 2.29. The summed E-state index contributed by atoms with van der Waals surface area (Å²) >= 11 is 0. The van der Waals surface area contributed by atoms with Crippen LogP contribution < -0.4 is 5.32 Å². The van der Waals surface area contributed by atoms with E-state index in [0.29, 0.717) is 25.2 Å². The van der Waals surface area contributed by atoms with E-state index in [1.807, 2.05) is 7.05 Å². The fraction of sp³-hybridized carbons (Fsp3) is 0.938. The van der Waals surface area contributed by atoms with E-state index in [9.17, 15) is 4.79 Å². The highest BCUT2D eigenvalue weighted by molar-refractivity contribution is 5.74. The van der Waals surface area contributed by atoms with Gasteiger partial charge in [-0.05, 0) is 44.6 Å². The maximum Gasteiger partial charge on any atom is 0.317 e. The Balaban J connectivity index is 1.36. The van der Waals surface area contributed by atoms with Crippen molar-refractivity contribution in [1.29, 1.82) is 0 Å². The summed E-state index contributed by atoms with van der Waals surface area (Å²) in [7, 11) is 1.86. The molecule has 1 aliphatic carbocycles. The molecule has 1 N–H and O–H groups in total. The second-order valence-corrected chi connectivity index (χ2v) is 6.88. The molecule has 5 heteroatoms. The predicted molar refractivity (Wildman–Crippen MR) is 82.3 cm³/mol. The second kappa shape index (κ2) is 6.97. The molecule has 0 aromatic heterocycles. The van der Waals surface area contributed by atoms with Crippen molar-refractivity contribution >= 4 is 6.03 Å². The molecule has 5 nitrogen and oxygen atoms in total. The number of carbonyl (C=O) groups excluding carboxylic acids is 1. The molecule has 2 atom stereocenters. The van der Waals surface area contributed by atoms with Gasteiger partial charge in [0.05, 0.1) is 6.61 Å². The van der Waals surface area contributed by atoms with Gasteiger partial charge in [0.2, 0.25) is 0 Å². The van der Waals surface area contributed by atoms with Crippen molar-refractivity contribution in [2.75, 3.05) is 39.9 Å². The van der Waals surface area contributed by atoms with Crippen LogP contribution in [0.25, 0.3) is 0 Å². The maximum atomic E-state index is 12.3. The standard InChI is InChI=1S/C16H29N3O2/c1-18(10-11-21-12-13-5-6-13)16(20)17-14-7-9-19-8-3-2-4-15(14)19/h13-15H,2-12H2,1H3,(H,17,20)/t14-,15-/m0/s1. The van der Waals surface area contributed by atoms with Crippen molar-refractivity contribution in [2.24, 2.45) is 5.92 Å². The van der Waals surface area contributed by atoms with Crippen molar-refractivity contribution in [3.8, 4) is 0 Å². The number of rotatable bonds is 6. The molecular weight excluding hydrogens is 266 g/mol. The van der Waals surface area contributed by atoms with Crippen molar-refractivity contribution in [3.63, 3.8) is 0 Å². The molecule has 0 bridgehead atoms. The molecule has 2 heterocycles. The highest BCUT2D eigenvalue weighted by atomic mass is 16.5. The first-order valence-electron chi connectivity index (χ1n) is 8.57. The number of hydrogen-bond donors (Lipinski definition) is 1. The summed E-state index contributed by atoms with van der Waals surface area (Å²) < 4.78 is 5.60. The molecule has 3 rings (SSSR count). The molecule has 2 aliphatic heterocycles. The van der Waals surface area contributed by atoms with E-state index in [0.717, 1.165) is 25.5 Å². The van der Waals surface area contributed by atoms with E-state index in [1.165, 1.54) is 38.6 Å². The van der Waals surface area contributed by atoms with E-state index < -0.39 is 0 Å². The molecule has 0 aromatic rings. The number of likely N-dealkylation sites (N-methyl/N-ethyl adjacent to an activating group) is 1. The summed E-state index contributed by atoms with van der Waals surface area (Å²) in [6.45, 7) is 4.56. The SMILES string of the molecule is CN(CCOCC1CC1)C(=O)N[C@H]1CCN2CCCC[C@@H]12. The lowest BCUT2D eigenvalue weighted by molar-refractivity contribution is 0.106. The van der Waals surface area contributed by atoms with Crippen molar-refractivity contribution in [3.05, 3.63) is 0 Å². The minimum absolute atomic E-state index is 0.0578. The predicted octanol–water partition coefficient (Wildman–Crippen LogP) is 1.68. The van der Waals surface area contributed by atoms with E-state index in [2.05, 4.69) is 10.2 Å². The maximum absolute atomic E-state index is 12.3. The summed E-state index contributed by atoms with van der Waals surface area (Å²) in [6.07, 6.45) is 7.58. The van der Waals surface area contributed by atoms with Gasteiger partial charge in [-0.1, -0.05) is 6.42 Å². The van der Waals surface area contributed by atoms with Crippen LogP contribution in [0.4, 0.5) is 4.79 Å². The Morgan fingerprint density at radius 3 is 2.90 bits per heavy atom. The number of nitrogens with one attached hydrogen (secondary N) is 1. The number of piperidine rings is 1. The molecule has 0 unspecified atom stereocenters. The first kappa shape index (κ1) is 15.1. The largest absolute Gasteiger partial charge is 0.379 e. The van der Waals surface area contributed by atoms with Crippen LogP contribution in [0.15, 0.2) is 0 Å². The van der Waals surface area contributed by atoms with E-state index in [1.54, 1.807) is 4.90 Å². The molecule has 21 heavy (non-hydrogen) atoms. The lowest BCUT2D eigenvalue weighted by Crippen LogP contribution is -2.50. The van der Waals surface area contributed by atoms with Crippen LogP contribution in [-0.4, -0.2) is 67.8 Å². The van der Waals surface area contributed by atoms with Crippen LogP contribution in [0.2, 0.25) is 0 Å². The van der Waals surface area contributed by atoms with Gasteiger partial charge in [-0.25, -0.2) is 4.79 Å². The van der Waals surface area contributed by atoms with E-state index >= 15 is 0 Å². The molecule has 3 aliphatic rings. The molecule has 120 valence electrons. The fourth-order valence-corrected chi connectivity index (χ4v) is 3.52. The van der Waals surface area contributed by atoms with Gasteiger partial charge in [0, 0.05) is 38.8 Å². The van der Waals surface area contributed by atoms with Crippen LogP contribution in [0.1, 0.15) is 38.5 Å². The zero-order valence-corrected chi connectivity index (χ0v) is 13.2. The molecule has 2 saturated heterocycles. The van der Waals surface area contributed by atoms with Crippen LogP contribution in [0.3, 0.4) is 0 Å². The minimum Gasteiger partial charge on any atom is -0.379 e. The van der Waals surface area contributed by atoms with Gasteiger partial charge in [-0.15, -0.1) is 0 Å². The lowest BCUT2D eigenvalue weighted by atomic mass is 9.99. The minimum atomic E-state index is 0.0578. The Hall–Kier alpha value is -0.810. The monoisotopic (exact) mass is 295 g/mol. The number of urea groups is 1. The summed E-state index contributed by atoms with van der Waals surface area (Å²) in [6, 6.07) is 0.970. The lowest BCUT2D eigenvalue weighted by Gasteiger charge is -2.33. The van der Waals surface area contributed by atoms with Crippen LogP contribution in [0, 0.1) is 5.92 Å². The van der Waals surface area contributed by atoms with Gasteiger partial charge >= 0.3 is 6.03 Å². The first-order chi connectivity index (χ1) is 10.2. The normalized spacial score (nSPS) is 29.2. The van der Waals surface area contributed by atoms with Gasteiger partial charge in [0.1, 0.15) is 0 Å². The molecule has 1 saturated carbocycles. The molecule has 0 spiro atoms. The Morgan fingerprint density at radius 1 is 1.24 bits per heavy atom. The summed E-state index contributed by atoms with van der Waals surface area (Å²) in [4.78, 5) is 16.6. The Labute approximate surface area is 128 Å². The van der Waals surface area contributed by atoms with Crippen molar-refractivity contribution in [2.45, 2.75) is 50.6 Å². The zero-order valence-electron chi connectivity index (χ0n) is 13.2. The van der Waals surface area contributed by atoms with Crippen LogP contribution >= 0.6 is 0 Å². The average Bonchev–Trinajstić information content (AvgIpc) is 3.24. The summed E-state index contributed by atoms with van der Waals surface area (Å²) in [5, 5.41) is 3.23. The van der Waals surface area contributed by atoms with Gasteiger partial charge < -0.3 is 15.0 Å². The number of nitrogens with zero attached hydrogens (tertiary/aromatic N) is 2. The van der Waals surface area contributed by atoms with Crippen molar-refractivity contribution in [1.82, 2.24) is 15.1 Å². The molecule has 2 amide bonds. The second-order valence-electron chi connectivity index (χ2n) is 6.88. The fourth-order valence-electron chi connectivity index (χ4n) is 3.52. The number of hydrogen-bond acceptors (Lipinski definition) is 3. The summed E-state index contributed by atoms with van der Waals surface area (Å²) in [5.74, 6) is 0.792. The third kappa shape index (κ3) is 4.10. The molecule has 0 aromatic carbocycles. The van der Waals surface area contributed by atoms with Gasteiger partial charge in [-0.3, -0.25) is 4.90 Å². The average molecular weight is 295 g/mol. The number of fused-ring (bicyclic) bond motifs is 1. The van der Waals surface area contributed by atoms with Gasteiger partial charge in [0.25, 0.3) is 0 Å². The topological polar surface area (TPSA) is 44.8 Å². The summed E-state index contributed by atoms with van der Waals surface area (Å²) in [5.41, 5.74) is 0. The first-order valence-corrected chi connectivity index (χ1v) is 8.57. The quantitative estimate of drug-likeness (QED) is 0.758. The molecule has 3 fully saturated rings. The Morgan fingerprint density at radius 2 is 2.10 bits per heavy atom. The Bertz CT molecular complexity index is 359. The van der Waals surface area contributed by atoms with E-state index in [-0.39, 0.29) is 6.03 Å². The number of carbonyl (C=O) groups is 1.